The number of benzene rings is 3. The van der Waals surface area contributed by atoms with E-state index in [1.165, 1.54) is 17.0 Å². The lowest BCUT2D eigenvalue weighted by atomic mass is 9.66. The molecule has 6 unspecified atom stereocenters. The minimum atomic E-state index is -4.81. The summed E-state index contributed by atoms with van der Waals surface area (Å²) in [5.41, 5.74) is -8.77. The molecule has 18 nitrogen and oxygen atoms in total. The molecule has 3 aromatic carbocycles. The van der Waals surface area contributed by atoms with Gasteiger partial charge in [-0.25, -0.2) is 19.5 Å². The van der Waals surface area contributed by atoms with Crippen molar-refractivity contribution in [3.05, 3.63) is 93.8 Å². The summed E-state index contributed by atoms with van der Waals surface area (Å²) < 4.78 is 97.7. The summed E-state index contributed by atoms with van der Waals surface area (Å²) in [6.07, 6.45) is -11.0. The number of ether oxygens (including phenoxy) is 3. The first-order valence-electron chi connectivity index (χ1n) is 25.7. The number of anilines is 3. The maximum absolute atomic E-state index is 13.3. The second-order valence-corrected chi connectivity index (χ2v) is 22.9. The molecule has 6 amide bonds. The zero-order valence-electron chi connectivity index (χ0n) is 43.9. The number of rotatable bonds is 5. The molecule has 9 fully saturated rings. The summed E-state index contributed by atoms with van der Waals surface area (Å²) in [6.45, 7) is 19.2. The minimum absolute atomic E-state index is 0.177. The van der Waals surface area contributed by atoms with Crippen molar-refractivity contribution in [2.24, 2.45) is 35.5 Å². The normalized spacial score (nSPS) is 37.8. The molecule has 0 saturated carbocycles. The standard InChI is InChI=1S/2C19H17F3N2O4.C18H18N2O4/c2*1-3-18-12(25)7-17(2,28-18)13-14(18)16(27)24(15(13)26)10-5-4-9(8-23)11(6-10)19(20,21)22;1-9-7-10(5-6-11(9)19-4)20-15(22)13-14(16(20)23)18(3)12(21)8-17(13,2)24-18/h2*4-6,12-14,25H,3,7H2,1-2H3;5-7,12-14,21H,8H2,1-3H3/t3*12-,13+,14-,17?,18?/m110/s1. The van der Waals surface area contributed by atoms with Crippen LogP contribution in [-0.2, 0) is 55.3 Å². The molecule has 0 aliphatic carbocycles. The lowest BCUT2D eigenvalue weighted by molar-refractivity contribution is -0.138. The van der Waals surface area contributed by atoms with Crippen molar-refractivity contribution in [1.82, 2.24) is 0 Å². The number of alkyl halides is 6. The van der Waals surface area contributed by atoms with Crippen LogP contribution in [0.1, 0.15) is 101 Å². The number of aliphatic hydroxyl groups is 3. The molecule has 9 saturated heterocycles. The first kappa shape index (κ1) is 56.2. The van der Waals surface area contributed by atoms with Gasteiger partial charge < -0.3 is 29.5 Å². The molecule has 420 valence electrons. The van der Waals surface area contributed by atoms with Crippen LogP contribution in [0.4, 0.5) is 49.1 Å². The van der Waals surface area contributed by atoms with Crippen LogP contribution in [0.2, 0.25) is 0 Å². The van der Waals surface area contributed by atoms with Gasteiger partial charge in [-0.15, -0.1) is 0 Å². The Bertz CT molecular complexity index is 3260. The summed E-state index contributed by atoms with van der Waals surface area (Å²) in [6, 6.07) is 13.4. The van der Waals surface area contributed by atoms with Crippen LogP contribution >= 0.6 is 0 Å². The Kier molecular flexibility index (Phi) is 12.6. The van der Waals surface area contributed by atoms with E-state index in [9.17, 15) is 70.4 Å². The smallest absolute Gasteiger partial charge is 0.390 e. The van der Waals surface area contributed by atoms with E-state index >= 15 is 0 Å². The quantitative estimate of drug-likeness (QED) is 0.136. The van der Waals surface area contributed by atoms with Crippen LogP contribution in [0.3, 0.4) is 0 Å². The molecule has 6 bridgehead atoms. The molecule has 0 aromatic heterocycles. The van der Waals surface area contributed by atoms with Gasteiger partial charge in [0.15, 0.2) is 5.69 Å². The number of halogens is 6. The third kappa shape index (κ3) is 7.50. The average Bonchev–Trinajstić information content (AvgIpc) is 4.25. The van der Waals surface area contributed by atoms with Gasteiger partial charge in [0.25, 0.3) is 0 Å². The number of nitriles is 2. The number of hydrogen-bond donors (Lipinski definition) is 3. The average molecular weight is 1120 g/mol. The number of nitrogens with zero attached hydrogens (tertiary/aromatic N) is 6. The minimum Gasteiger partial charge on any atom is -0.390 e. The van der Waals surface area contributed by atoms with Gasteiger partial charge in [0.05, 0.1) is 123 Å². The first-order chi connectivity index (χ1) is 37.2. The fourth-order valence-corrected chi connectivity index (χ4v) is 14.9. The third-order valence-corrected chi connectivity index (χ3v) is 18.5. The Morgan fingerprint density at radius 3 is 1.26 bits per heavy atom. The van der Waals surface area contributed by atoms with Gasteiger partial charge in [-0.2, -0.15) is 36.9 Å². The predicted molar refractivity (Wildman–Crippen MR) is 263 cm³/mol. The Balaban J connectivity index is 0.000000135. The monoisotopic (exact) mass is 1110 g/mol. The summed E-state index contributed by atoms with van der Waals surface area (Å²) in [4.78, 5) is 84.5. The second-order valence-electron chi connectivity index (χ2n) is 22.9. The zero-order chi connectivity index (χ0) is 58.7. The van der Waals surface area contributed by atoms with Gasteiger partial charge in [0, 0.05) is 24.9 Å². The van der Waals surface area contributed by atoms with Crippen LogP contribution < -0.4 is 14.7 Å². The van der Waals surface area contributed by atoms with E-state index in [0.29, 0.717) is 42.8 Å². The summed E-state index contributed by atoms with van der Waals surface area (Å²) >= 11 is 0. The van der Waals surface area contributed by atoms with Crippen molar-refractivity contribution in [3.63, 3.8) is 0 Å². The van der Waals surface area contributed by atoms with Crippen molar-refractivity contribution in [2.75, 3.05) is 14.7 Å². The molecular weight excluding hydrogens is 1060 g/mol. The van der Waals surface area contributed by atoms with Crippen molar-refractivity contribution in [1.29, 1.82) is 10.5 Å². The van der Waals surface area contributed by atoms with Gasteiger partial charge in [-0.1, -0.05) is 19.9 Å². The molecule has 0 spiro atoms. The van der Waals surface area contributed by atoms with Crippen LogP contribution in [-0.4, -0.2) is 103 Å². The number of aryl methyl sites for hydroxylation is 1. The summed E-state index contributed by atoms with van der Waals surface area (Å²) in [7, 11) is 0. The number of imide groups is 3. The maximum atomic E-state index is 13.3. The molecular formula is C56H52F6N6O12. The van der Waals surface area contributed by atoms with Crippen molar-refractivity contribution in [2.45, 2.75) is 145 Å². The highest BCUT2D eigenvalue weighted by Crippen LogP contribution is 2.65. The fraction of sp³-hybridized carbons (Fsp3) is 0.518. The number of aliphatic hydroxyl groups excluding tert-OH is 3. The van der Waals surface area contributed by atoms with Crippen LogP contribution in [0.15, 0.2) is 54.6 Å². The van der Waals surface area contributed by atoms with Crippen molar-refractivity contribution < 1.29 is 84.6 Å². The predicted octanol–water partition coefficient (Wildman–Crippen LogP) is 6.73. The molecule has 3 aromatic rings. The molecule has 9 aliphatic heterocycles. The molecule has 9 heterocycles. The second kappa shape index (κ2) is 17.9. The van der Waals surface area contributed by atoms with Crippen LogP contribution in [0.25, 0.3) is 4.85 Å². The Hall–Kier alpha value is -7.11. The Morgan fingerprint density at radius 2 is 0.900 bits per heavy atom. The van der Waals surface area contributed by atoms with E-state index in [1.807, 2.05) is 0 Å². The van der Waals surface area contributed by atoms with Crippen LogP contribution in [0.5, 0.6) is 0 Å². The molecule has 15 atom stereocenters. The fourth-order valence-electron chi connectivity index (χ4n) is 14.9. The molecule has 12 rings (SSSR count). The number of carbonyl (C=O) groups excluding carboxylic acids is 6. The highest BCUT2D eigenvalue weighted by molar-refractivity contribution is 6.25. The van der Waals surface area contributed by atoms with Gasteiger partial charge in [0.1, 0.15) is 16.8 Å². The first-order valence-corrected chi connectivity index (χ1v) is 25.7. The number of hydrogen-bond acceptors (Lipinski definition) is 14. The van der Waals surface area contributed by atoms with Crippen LogP contribution in [0, 0.1) is 71.7 Å². The highest BCUT2D eigenvalue weighted by atomic mass is 19.4. The Labute approximate surface area is 453 Å². The van der Waals surface area contributed by atoms with E-state index in [0.717, 1.165) is 39.6 Å². The van der Waals surface area contributed by atoms with E-state index in [4.69, 9.17) is 31.3 Å². The SMILES string of the molecule is CCC12OC(C)(C[C@H]1O)[C@@H]1C(=O)N(c3ccc(C#N)c(C(F)(F)F)c3)C(=O)[C@@H]12.CCC12OC(C)(C[C@H]1O)[C@@H]1C(=O)N(c3ccc(C#N)c(C(F)(F)F)c3)C(=O)[C@@H]12.[C-]#[N+]c1ccc(N2C(=O)[C@@H]3[C@H](C2=O)C2(C)C[C@H](O)C3(C)O2)cc1C. The lowest BCUT2D eigenvalue weighted by Crippen LogP contribution is -2.50. The lowest BCUT2D eigenvalue weighted by Gasteiger charge is -2.34. The van der Waals surface area contributed by atoms with Crippen molar-refractivity contribution in [3.8, 4) is 12.1 Å². The Morgan fingerprint density at radius 1 is 0.562 bits per heavy atom. The molecule has 3 N–H and O–H groups in total. The molecule has 9 aliphatic rings. The molecule has 24 heteroatoms. The van der Waals surface area contributed by atoms with E-state index in [1.54, 1.807) is 66.7 Å². The van der Waals surface area contributed by atoms with E-state index in [-0.39, 0.29) is 36.0 Å². The highest BCUT2D eigenvalue weighted by Gasteiger charge is 2.79. The van der Waals surface area contributed by atoms with Gasteiger partial charge >= 0.3 is 12.4 Å². The maximum Gasteiger partial charge on any atom is 0.417 e. The summed E-state index contributed by atoms with van der Waals surface area (Å²) in [5.74, 6) is -8.14. The third-order valence-electron chi connectivity index (χ3n) is 18.5. The van der Waals surface area contributed by atoms with Gasteiger partial charge in [-0.3, -0.25) is 28.8 Å². The molecule has 80 heavy (non-hydrogen) atoms. The largest absolute Gasteiger partial charge is 0.417 e. The summed E-state index contributed by atoms with van der Waals surface area (Å²) in [5, 5.41) is 49.1. The van der Waals surface area contributed by atoms with E-state index < -0.39 is 146 Å². The molecule has 0 radical (unpaired) electrons. The van der Waals surface area contributed by atoms with E-state index in [2.05, 4.69) is 4.85 Å². The van der Waals surface area contributed by atoms with Crippen molar-refractivity contribution >= 4 is 58.2 Å². The van der Waals surface area contributed by atoms with Gasteiger partial charge in [0.2, 0.25) is 35.4 Å². The van der Waals surface area contributed by atoms with Gasteiger partial charge in [-0.05, 0) is 102 Å². The zero-order valence-corrected chi connectivity index (χ0v) is 43.9. The number of carbonyl (C=O) groups is 6. The number of amides is 6. The number of fused-ring (bicyclic) bond motifs is 15. The topological polar surface area (TPSA) is 252 Å².